The highest BCUT2D eigenvalue weighted by Crippen LogP contribution is 2.30. The van der Waals surface area contributed by atoms with Gasteiger partial charge in [0, 0.05) is 13.2 Å². The molecular weight excluding hydrogens is 278 g/mol. The number of aromatic carboxylic acids is 1. The third-order valence-electron chi connectivity index (χ3n) is 2.85. The van der Waals surface area contributed by atoms with E-state index in [9.17, 15) is 9.90 Å². The second kappa shape index (κ2) is 4.64. The molecule has 0 atom stereocenters. The molecule has 3 heterocycles. The molecule has 0 amide bonds. The zero-order valence-corrected chi connectivity index (χ0v) is 11.6. The van der Waals surface area contributed by atoms with E-state index in [0.29, 0.717) is 21.5 Å². The van der Waals surface area contributed by atoms with Crippen molar-refractivity contribution in [2.75, 3.05) is 0 Å². The van der Waals surface area contributed by atoms with Crippen molar-refractivity contribution in [1.82, 2.24) is 24.4 Å². The zero-order valence-electron chi connectivity index (χ0n) is 10.8. The zero-order chi connectivity index (χ0) is 14.3. The molecule has 3 aromatic rings. The van der Waals surface area contributed by atoms with E-state index in [1.165, 1.54) is 11.8 Å². The first-order chi connectivity index (χ1) is 9.58. The Balaban J connectivity index is 2.10. The van der Waals surface area contributed by atoms with E-state index in [-0.39, 0.29) is 5.56 Å². The maximum atomic E-state index is 11.3. The minimum absolute atomic E-state index is 0.199. The van der Waals surface area contributed by atoms with Crippen LogP contribution in [0.4, 0.5) is 0 Å². The summed E-state index contributed by atoms with van der Waals surface area (Å²) in [5, 5.41) is 22.7. The molecule has 8 heteroatoms. The summed E-state index contributed by atoms with van der Waals surface area (Å²) in [6, 6.07) is 5.58. The molecule has 0 radical (unpaired) electrons. The van der Waals surface area contributed by atoms with E-state index < -0.39 is 5.97 Å². The molecule has 0 unspecified atom stereocenters. The summed E-state index contributed by atoms with van der Waals surface area (Å²) >= 11 is 1.24. The van der Waals surface area contributed by atoms with Gasteiger partial charge in [0.25, 0.3) is 0 Å². The standard InChI is InChI=1S/C12H11N5O2S/c1-7-9(11(18)19)10(16(2)15-7)20-12-14-13-8-5-3-4-6-17(8)12/h3-6H,1-2H3,(H,18,19). The van der Waals surface area contributed by atoms with Crippen LogP contribution in [0.5, 0.6) is 0 Å². The number of nitrogens with zero attached hydrogens (tertiary/aromatic N) is 5. The van der Waals surface area contributed by atoms with Crippen molar-refractivity contribution in [1.29, 1.82) is 0 Å². The van der Waals surface area contributed by atoms with Crippen LogP contribution in [0.3, 0.4) is 0 Å². The van der Waals surface area contributed by atoms with E-state index in [1.54, 1.807) is 23.1 Å². The van der Waals surface area contributed by atoms with Gasteiger partial charge in [-0.15, -0.1) is 10.2 Å². The maximum Gasteiger partial charge on any atom is 0.340 e. The average molecular weight is 289 g/mol. The van der Waals surface area contributed by atoms with E-state index in [1.807, 2.05) is 24.4 Å². The topological polar surface area (TPSA) is 85.3 Å². The average Bonchev–Trinajstić information content (AvgIpc) is 2.92. The number of rotatable bonds is 3. The Kier molecular flexibility index (Phi) is 2.94. The molecule has 0 aromatic carbocycles. The number of hydrogen-bond acceptors (Lipinski definition) is 5. The summed E-state index contributed by atoms with van der Waals surface area (Å²) < 4.78 is 3.35. The van der Waals surface area contributed by atoms with Crippen molar-refractivity contribution in [2.24, 2.45) is 7.05 Å². The van der Waals surface area contributed by atoms with Gasteiger partial charge in [0.2, 0.25) is 5.16 Å². The Hall–Kier alpha value is -2.35. The summed E-state index contributed by atoms with van der Waals surface area (Å²) in [6.07, 6.45) is 1.83. The van der Waals surface area contributed by atoms with Crippen LogP contribution in [0.25, 0.3) is 5.65 Å². The number of pyridine rings is 1. The number of fused-ring (bicyclic) bond motifs is 1. The second-order valence-corrected chi connectivity index (χ2v) is 5.16. The lowest BCUT2D eigenvalue weighted by Crippen LogP contribution is -2.01. The van der Waals surface area contributed by atoms with Gasteiger partial charge in [-0.25, -0.2) is 4.79 Å². The molecule has 3 aromatic heterocycles. The first-order valence-electron chi connectivity index (χ1n) is 5.82. The lowest BCUT2D eigenvalue weighted by atomic mass is 10.3. The second-order valence-electron chi connectivity index (χ2n) is 4.21. The fourth-order valence-electron chi connectivity index (χ4n) is 1.98. The van der Waals surface area contributed by atoms with Crippen LogP contribution in [0, 0.1) is 6.92 Å². The van der Waals surface area contributed by atoms with Crippen molar-refractivity contribution in [3.05, 3.63) is 35.7 Å². The Labute approximate surface area is 118 Å². The van der Waals surface area contributed by atoms with E-state index in [2.05, 4.69) is 15.3 Å². The molecule has 0 fully saturated rings. The highest BCUT2D eigenvalue weighted by atomic mass is 32.2. The summed E-state index contributed by atoms with van der Waals surface area (Å²) in [5.74, 6) is -0.994. The van der Waals surface area contributed by atoms with Crippen molar-refractivity contribution < 1.29 is 9.90 Å². The lowest BCUT2D eigenvalue weighted by molar-refractivity contribution is 0.0692. The molecule has 1 N–H and O–H groups in total. The number of aryl methyl sites for hydroxylation is 2. The van der Waals surface area contributed by atoms with Crippen LogP contribution < -0.4 is 0 Å². The molecule has 0 saturated carbocycles. The van der Waals surface area contributed by atoms with Crippen molar-refractivity contribution >= 4 is 23.4 Å². The predicted octanol–water partition coefficient (Wildman–Crippen LogP) is 1.62. The smallest absolute Gasteiger partial charge is 0.340 e. The highest BCUT2D eigenvalue weighted by molar-refractivity contribution is 7.99. The number of aromatic nitrogens is 5. The van der Waals surface area contributed by atoms with Crippen LogP contribution in [-0.4, -0.2) is 35.5 Å². The van der Waals surface area contributed by atoms with Gasteiger partial charge >= 0.3 is 5.97 Å². The van der Waals surface area contributed by atoms with E-state index >= 15 is 0 Å². The molecular formula is C12H11N5O2S. The Morgan fingerprint density at radius 2 is 2.15 bits per heavy atom. The first-order valence-corrected chi connectivity index (χ1v) is 6.64. The molecule has 0 aliphatic heterocycles. The van der Waals surface area contributed by atoms with E-state index in [4.69, 9.17) is 0 Å². The normalized spacial score (nSPS) is 11.1. The molecule has 20 heavy (non-hydrogen) atoms. The minimum atomic E-state index is -0.994. The number of carbonyl (C=O) groups is 1. The van der Waals surface area contributed by atoms with Crippen molar-refractivity contribution in [2.45, 2.75) is 17.1 Å². The Morgan fingerprint density at radius 1 is 1.35 bits per heavy atom. The Bertz CT molecular complexity index is 807. The van der Waals surface area contributed by atoms with Gasteiger partial charge in [-0.3, -0.25) is 9.08 Å². The first kappa shape index (κ1) is 12.7. The molecule has 0 saturated heterocycles. The van der Waals surface area contributed by atoms with Crippen LogP contribution in [-0.2, 0) is 7.05 Å². The van der Waals surface area contributed by atoms with Gasteiger partial charge in [-0.1, -0.05) is 6.07 Å². The third kappa shape index (κ3) is 1.94. The van der Waals surface area contributed by atoms with E-state index in [0.717, 1.165) is 0 Å². The summed E-state index contributed by atoms with van der Waals surface area (Å²) in [7, 11) is 1.71. The minimum Gasteiger partial charge on any atom is -0.478 e. The predicted molar refractivity (Wildman–Crippen MR) is 72.0 cm³/mol. The monoisotopic (exact) mass is 289 g/mol. The van der Waals surface area contributed by atoms with Crippen molar-refractivity contribution in [3.63, 3.8) is 0 Å². The summed E-state index contributed by atoms with van der Waals surface area (Å²) in [5.41, 5.74) is 1.40. The van der Waals surface area contributed by atoms with Gasteiger partial charge < -0.3 is 5.11 Å². The SMILES string of the molecule is Cc1nn(C)c(Sc2nnc3ccccn23)c1C(=O)O. The van der Waals surface area contributed by atoms with Gasteiger partial charge in [-0.2, -0.15) is 5.10 Å². The lowest BCUT2D eigenvalue weighted by Gasteiger charge is -2.02. The van der Waals surface area contributed by atoms with Crippen LogP contribution in [0.15, 0.2) is 34.6 Å². The largest absolute Gasteiger partial charge is 0.478 e. The molecule has 7 nitrogen and oxygen atoms in total. The maximum absolute atomic E-state index is 11.3. The Morgan fingerprint density at radius 3 is 2.90 bits per heavy atom. The fraction of sp³-hybridized carbons (Fsp3) is 0.167. The van der Waals surface area contributed by atoms with Crippen molar-refractivity contribution in [3.8, 4) is 0 Å². The third-order valence-corrected chi connectivity index (χ3v) is 3.98. The molecule has 0 bridgehead atoms. The number of carboxylic acids is 1. The van der Waals surface area contributed by atoms with Gasteiger partial charge in [0.1, 0.15) is 10.6 Å². The van der Waals surface area contributed by atoms with Crippen LogP contribution in [0.2, 0.25) is 0 Å². The van der Waals surface area contributed by atoms with Crippen LogP contribution in [0.1, 0.15) is 16.1 Å². The summed E-state index contributed by atoms with van der Waals surface area (Å²) in [6.45, 7) is 1.68. The quantitative estimate of drug-likeness (QED) is 0.788. The molecule has 3 rings (SSSR count). The highest BCUT2D eigenvalue weighted by Gasteiger charge is 2.22. The molecule has 0 aliphatic rings. The van der Waals surface area contributed by atoms with Gasteiger partial charge in [0.15, 0.2) is 5.65 Å². The fourth-order valence-corrected chi connectivity index (χ4v) is 2.99. The summed E-state index contributed by atoms with van der Waals surface area (Å²) in [4.78, 5) is 11.3. The van der Waals surface area contributed by atoms with Crippen LogP contribution >= 0.6 is 11.8 Å². The number of carboxylic acid groups (broad SMARTS) is 1. The molecule has 0 spiro atoms. The number of hydrogen-bond donors (Lipinski definition) is 1. The van der Waals surface area contributed by atoms with Gasteiger partial charge in [0.05, 0.1) is 5.69 Å². The van der Waals surface area contributed by atoms with Gasteiger partial charge in [-0.05, 0) is 30.8 Å². The molecule has 0 aliphatic carbocycles. The molecule has 102 valence electrons.